The standard InChI is InChI=1S/C18H18N4OS/c19-13-15-5-4-8-20-18(15)22-11-9-21(10-12-22)17(23)14-24-16-6-2-1-3-7-16/h1-8H,9-12,14H2. The van der Waals surface area contributed by atoms with Crippen LogP contribution < -0.4 is 4.90 Å². The summed E-state index contributed by atoms with van der Waals surface area (Å²) in [5.41, 5.74) is 0.580. The average molecular weight is 338 g/mol. The number of amides is 1. The first-order valence-electron chi connectivity index (χ1n) is 7.83. The van der Waals surface area contributed by atoms with Crippen LogP contribution in [0.5, 0.6) is 0 Å². The van der Waals surface area contributed by atoms with Crippen LogP contribution >= 0.6 is 11.8 Å². The Morgan fingerprint density at radius 1 is 1.12 bits per heavy atom. The van der Waals surface area contributed by atoms with Gasteiger partial charge >= 0.3 is 0 Å². The molecule has 6 heteroatoms. The third kappa shape index (κ3) is 3.87. The van der Waals surface area contributed by atoms with Crippen molar-refractivity contribution in [2.45, 2.75) is 4.90 Å². The largest absolute Gasteiger partial charge is 0.352 e. The van der Waals surface area contributed by atoms with E-state index in [1.807, 2.05) is 35.2 Å². The maximum Gasteiger partial charge on any atom is 0.233 e. The van der Waals surface area contributed by atoms with Crippen LogP contribution in [0.15, 0.2) is 53.6 Å². The highest BCUT2D eigenvalue weighted by atomic mass is 32.2. The van der Waals surface area contributed by atoms with E-state index in [1.54, 1.807) is 30.1 Å². The number of anilines is 1. The van der Waals surface area contributed by atoms with E-state index in [0.717, 1.165) is 4.90 Å². The van der Waals surface area contributed by atoms with Crippen LogP contribution in [0, 0.1) is 11.3 Å². The minimum Gasteiger partial charge on any atom is -0.352 e. The van der Waals surface area contributed by atoms with E-state index in [1.165, 1.54) is 0 Å². The fraction of sp³-hybridized carbons (Fsp3) is 0.278. The smallest absolute Gasteiger partial charge is 0.233 e. The summed E-state index contributed by atoms with van der Waals surface area (Å²) in [4.78, 5) is 21.7. The Balaban J connectivity index is 1.53. The van der Waals surface area contributed by atoms with Crippen molar-refractivity contribution in [2.24, 2.45) is 0 Å². The number of hydrogen-bond acceptors (Lipinski definition) is 5. The quantitative estimate of drug-likeness (QED) is 0.801. The molecule has 0 N–H and O–H groups in total. The van der Waals surface area contributed by atoms with Gasteiger partial charge in [0.15, 0.2) is 0 Å². The monoisotopic (exact) mass is 338 g/mol. The van der Waals surface area contributed by atoms with Gasteiger partial charge in [-0.3, -0.25) is 4.79 Å². The van der Waals surface area contributed by atoms with Crippen molar-refractivity contribution in [2.75, 3.05) is 36.8 Å². The van der Waals surface area contributed by atoms with Crippen LogP contribution in [0.1, 0.15) is 5.56 Å². The maximum atomic E-state index is 12.4. The molecular formula is C18H18N4OS. The molecule has 2 heterocycles. The maximum absolute atomic E-state index is 12.4. The number of thioether (sulfide) groups is 1. The number of benzene rings is 1. The summed E-state index contributed by atoms with van der Waals surface area (Å²) < 4.78 is 0. The van der Waals surface area contributed by atoms with Crippen LogP contribution in [0.4, 0.5) is 5.82 Å². The van der Waals surface area contributed by atoms with Crippen molar-refractivity contribution in [3.8, 4) is 6.07 Å². The summed E-state index contributed by atoms with van der Waals surface area (Å²) in [7, 11) is 0. The molecule has 1 aliphatic heterocycles. The van der Waals surface area contributed by atoms with E-state index < -0.39 is 0 Å². The van der Waals surface area contributed by atoms with Crippen molar-refractivity contribution < 1.29 is 4.79 Å². The molecule has 5 nitrogen and oxygen atoms in total. The van der Waals surface area contributed by atoms with Crippen molar-refractivity contribution in [1.82, 2.24) is 9.88 Å². The number of piperazine rings is 1. The van der Waals surface area contributed by atoms with Gasteiger partial charge in [0.25, 0.3) is 0 Å². The predicted octanol–water partition coefficient (Wildman–Crippen LogP) is 2.39. The molecule has 0 bridgehead atoms. The second-order valence-corrected chi connectivity index (χ2v) is 6.50. The molecule has 1 fully saturated rings. The molecule has 1 amide bonds. The number of pyridine rings is 1. The SMILES string of the molecule is N#Cc1cccnc1N1CCN(C(=O)CSc2ccccc2)CC1. The summed E-state index contributed by atoms with van der Waals surface area (Å²) in [6, 6.07) is 15.7. The Hall–Kier alpha value is -2.52. The summed E-state index contributed by atoms with van der Waals surface area (Å²) in [6.45, 7) is 2.73. The summed E-state index contributed by atoms with van der Waals surface area (Å²) in [6.07, 6.45) is 1.70. The van der Waals surface area contributed by atoms with Crippen LogP contribution in [-0.4, -0.2) is 47.7 Å². The van der Waals surface area contributed by atoms with Gasteiger partial charge in [-0.05, 0) is 24.3 Å². The molecule has 3 rings (SSSR count). The Morgan fingerprint density at radius 2 is 1.88 bits per heavy atom. The first kappa shape index (κ1) is 16.3. The molecule has 1 aromatic carbocycles. The van der Waals surface area contributed by atoms with Crippen molar-refractivity contribution in [1.29, 1.82) is 5.26 Å². The molecule has 1 saturated heterocycles. The molecule has 24 heavy (non-hydrogen) atoms. The van der Waals surface area contributed by atoms with Gasteiger partial charge in [0.2, 0.25) is 5.91 Å². The molecule has 2 aromatic rings. The average Bonchev–Trinajstić information content (AvgIpc) is 2.67. The molecular weight excluding hydrogens is 320 g/mol. The van der Waals surface area contributed by atoms with Crippen LogP contribution in [0.25, 0.3) is 0 Å². The topological polar surface area (TPSA) is 60.2 Å². The molecule has 0 atom stereocenters. The molecule has 0 unspecified atom stereocenters. The highest BCUT2D eigenvalue weighted by Crippen LogP contribution is 2.20. The number of nitrogens with zero attached hydrogens (tertiary/aromatic N) is 4. The van der Waals surface area contributed by atoms with Gasteiger partial charge in [-0.15, -0.1) is 11.8 Å². The highest BCUT2D eigenvalue weighted by molar-refractivity contribution is 8.00. The van der Waals surface area contributed by atoms with Gasteiger partial charge in [0.1, 0.15) is 11.9 Å². The van der Waals surface area contributed by atoms with Gasteiger partial charge in [0, 0.05) is 37.3 Å². The number of nitriles is 1. The highest BCUT2D eigenvalue weighted by Gasteiger charge is 2.23. The predicted molar refractivity (Wildman–Crippen MR) is 94.9 cm³/mol. The first-order chi connectivity index (χ1) is 11.8. The zero-order valence-corrected chi connectivity index (χ0v) is 14.1. The lowest BCUT2D eigenvalue weighted by molar-refractivity contribution is -0.128. The lowest BCUT2D eigenvalue weighted by Gasteiger charge is -2.35. The number of hydrogen-bond donors (Lipinski definition) is 0. The van der Waals surface area contributed by atoms with Gasteiger partial charge in [-0.1, -0.05) is 18.2 Å². The molecule has 0 spiro atoms. The molecule has 1 aliphatic rings. The fourth-order valence-electron chi connectivity index (χ4n) is 2.66. The van der Waals surface area contributed by atoms with E-state index in [2.05, 4.69) is 16.0 Å². The number of carbonyl (C=O) groups excluding carboxylic acids is 1. The van der Waals surface area contributed by atoms with Crippen molar-refractivity contribution in [3.63, 3.8) is 0 Å². The van der Waals surface area contributed by atoms with Gasteiger partial charge in [0.05, 0.1) is 11.3 Å². The van der Waals surface area contributed by atoms with E-state index in [-0.39, 0.29) is 5.91 Å². The molecule has 0 radical (unpaired) electrons. The lowest BCUT2D eigenvalue weighted by Crippen LogP contribution is -2.49. The second-order valence-electron chi connectivity index (χ2n) is 5.46. The zero-order chi connectivity index (χ0) is 16.8. The van der Waals surface area contributed by atoms with Crippen LogP contribution in [0.2, 0.25) is 0 Å². The minimum atomic E-state index is 0.157. The van der Waals surface area contributed by atoms with Gasteiger partial charge < -0.3 is 9.80 Å². The summed E-state index contributed by atoms with van der Waals surface area (Å²) in [5.74, 6) is 1.33. The fourth-order valence-corrected chi connectivity index (χ4v) is 3.48. The third-order valence-corrected chi connectivity index (χ3v) is 4.94. The lowest BCUT2D eigenvalue weighted by atomic mass is 10.2. The third-order valence-electron chi connectivity index (χ3n) is 3.94. The normalized spacial score (nSPS) is 14.3. The van der Waals surface area contributed by atoms with E-state index >= 15 is 0 Å². The Morgan fingerprint density at radius 3 is 2.58 bits per heavy atom. The van der Waals surface area contributed by atoms with Gasteiger partial charge in [-0.2, -0.15) is 5.26 Å². The second kappa shape index (κ2) is 7.84. The number of carbonyl (C=O) groups is 1. The van der Waals surface area contributed by atoms with E-state index in [4.69, 9.17) is 0 Å². The molecule has 0 aliphatic carbocycles. The number of aromatic nitrogens is 1. The summed E-state index contributed by atoms with van der Waals surface area (Å²) >= 11 is 1.57. The molecule has 0 saturated carbocycles. The zero-order valence-electron chi connectivity index (χ0n) is 13.3. The Bertz CT molecular complexity index is 736. The number of rotatable bonds is 4. The van der Waals surface area contributed by atoms with E-state index in [0.29, 0.717) is 43.3 Å². The summed E-state index contributed by atoms with van der Waals surface area (Å²) in [5, 5.41) is 9.18. The van der Waals surface area contributed by atoms with Crippen LogP contribution in [-0.2, 0) is 4.79 Å². The van der Waals surface area contributed by atoms with Crippen molar-refractivity contribution in [3.05, 3.63) is 54.2 Å². The Kier molecular flexibility index (Phi) is 5.34. The van der Waals surface area contributed by atoms with Crippen LogP contribution in [0.3, 0.4) is 0 Å². The van der Waals surface area contributed by atoms with Crippen molar-refractivity contribution >= 4 is 23.5 Å². The Labute approximate surface area is 145 Å². The molecule has 122 valence electrons. The molecule has 1 aromatic heterocycles. The van der Waals surface area contributed by atoms with Gasteiger partial charge in [-0.25, -0.2) is 4.98 Å². The van der Waals surface area contributed by atoms with E-state index in [9.17, 15) is 10.1 Å². The first-order valence-corrected chi connectivity index (χ1v) is 8.82. The minimum absolute atomic E-state index is 0.157.